The fourth-order valence-electron chi connectivity index (χ4n) is 2.57. The summed E-state index contributed by atoms with van der Waals surface area (Å²) in [7, 11) is 1.61. The summed E-state index contributed by atoms with van der Waals surface area (Å²) in [4.78, 5) is 23.9. The van der Waals surface area contributed by atoms with E-state index in [0.29, 0.717) is 23.4 Å². The van der Waals surface area contributed by atoms with Gasteiger partial charge in [-0.3, -0.25) is 4.79 Å². The standard InChI is InChI=1S/C19H17NO4/c1-12-8-18(21)24-17-10-15(6-7-16(12)17)20-19(22)14-5-3-4-13(9-14)11-23-2/h3-10H,11H2,1-2H3,(H,20,22). The van der Waals surface area contributed by atoms with Crippen LogP contribution in [0.25, 0.3) is 11.0 Å². The van der Waals surface area contributed by atoms with Gasteiger partial charge in [-0.05, 0) is 42.3 Å². The highest BCUT2D eigenvalue weighted by Crippen LogP contribution is 2.21. The topological polar surface area (TPSA) is 68.5 Å². The van der Waals surface area contributed by atoms with Crippen molar-refractivity contribution in [2.75, 3.05) is 12.4 Å². The van der Waals surface area contributed by atoms with Gasteiger partial charge in [-0.15, -0.1) is 0 Å². The second-order valence-corrected chi connectivity index (χ2v) is 5.55. The molecule has 1 N–H and O–H groups in total. The average Bonchev–Trinajstić information content (AvgIpc) is 2.55. The summed E-state index contributed by atoms with van der Waals surface area (Å²) < 4.78 is 10.3. The molecular weight excluding hydrogens is 306 g/mol. The Balaban J connectivity index is 1.88. The Morgan fingerprint density at radius 1 is 1.17 bits per heavy atom. The van der Waals surface area contributed by atoms with E-state index in [9.17, 15) is 9.59 Å². The van der Waals surface area contributed by atoms with Gasteiger partial charge in [-0.2, -0.15) is 0 Å². The van der Waals surface area contributed by atoms with Crippen LogP contribution in [0.1, 0.15) is 21.5 Å². The number of methoxy groups -OCH3 is 1. The van der Waals surface area contributed by atoms with Crippen molar-refractivity contribution >= 4 is 22.6 Å². The number of anilines is 1. The van der Waals surface area contributed by atoms with Crippen molar-refractivity contribution in [2.45, 2.75) is 13.5 Å². The third-order valence-electron chi connectivity index (χ3n) is 3.71. The largest absolute Gasteiger partial charge is 0.423 e. The summed E-state index contributed by atoms with van der Waals surface area (Å²) in [6, 6.07) is 13.9. The highest BCUT2D eigenvalue weighted by atomic mass is 16.5. The van der Waals surface area contributed by atoms with Gasteiger partial charge in [-0.25, -0.2) is 4.79 Å². The maximum atomic E-state index is 12.4. The normalized spacial score (nSPS) is 10.8. The first kappa shape index (κ1) is 16.0. The summed E-state index contributed by atoms with van der Waals surface area (Å²) >= 11 is 0. The molecule has 24 heavy (non-hydrogen) atoms. The second kappa shape index (κ2) is 6.68. The van der Waals surface area contributed by atoms with E-state index in [-0.39, 0.29) is 5.91 Å². The molecule has 0 aliphatic rings. The van der Waals surface area contributed by atoms with Crippen molar-refractivity contribution in [3.8, 4) is 0 Å². The van der Waals surface area contributed by atoms with Gasteiger partial charge in [0, 0.05) is 35.9 Å². The first-order valence-corrected chi connectivity index (χ1v) is 7.50. The minimum atomic E-state index is -0.407. The molecule has 0 aliphatic heterocycles. The molecule has 5 nitrogen and oxygen atoms in total. The number of rotatable bonds is 4. The predicted octanol–water partition coefficient (Wildman–Crippen LogP) is 3.50. The molecule has 0 radical (unpaired) electrons. The number of amides is 1. The third-order valence-corrected chi connectivity index (χ3v) is 3.71. The summed E-state index contributed by atoms with van der Waals surface area (Å²) in [5.74, 6) is -0.234. The van der Waals surface area contributed by atoms with Crippen molar-refractivity contribution in [3.63, 3.8) is 0 Å². The van der Waals surface area contributed by atoms with Crippen LogP contribution in [-0.2, 0) is 11.3 Å². The predicted molar refractivity (Wildman–Crippen MR) is 92.3 cm³/mol. The van der Waals surface area contributed by atoms with Gasteiger partial charge in [-0.1, -0.05) is 12.1 Å². The van der Waals surface area contributed by atoms with E-state index in [4.69, 9.17) is 9.15 Å². The lowest BCUT2D eigenvalue weighted by atomic mass is 10.1. The number of ether oxygens (including phenoxy) is 1. The summed E-state index contributed by atoms with van der Waals surface area (Å²) in [5, 5.41) is 3.66. The minimum absolute atomic E-state index is 0.234. The van der Waals surface area contributed by atoms with Crippen LogP contribution in [0.3, 0.4) is 0 Å². The second-order valence-electron chi connectivity index (χ2n) is 5.55. The Labute approximate surface area is 138 Å². The number of nitrogens with one attached hydrogen (secondary N) is 1. The van der Waals surface area contributed by atoms with Crippen molar-refractivity contribution in [2.24, 2.45) is 0 Å². The van der Waals surface area contributed by atoms with Crippen LogP contribution in [0.2, 0.25) is 0 Å². The molecule has 5 heteroatoms. The van der Waals surface area contributed by atoms with Crippen LogP contribution >= 0.6 is 0 Å². The van der Waals surface area contributed by atoms with Gasteiger partial charge >= 0.3 is 5.63 Å². The molecule has 0 aliphatic carbocycles. The molecule has 0 unspecified atom stereocenters. The van der Waals surface area contributed by atoms with E-state index in [2.05, 4.69) is 5.32 Å². The van der Waals surface area contributed by atoms with Crippen LogP contribution in [-0.4, -0.2) is 13.0 Å². The molecule has 1 aromatic heterocycles. The molecule has 122 valence electrons. The molecule has 1 heterocycles. The molecule has 0 saturated carbocycles. The smallest absolute Gasteiger partial charge is 0.336 e. The average molecular weight is 323 g/mol. The number of hydrogen-bond donors (Lipinski definition) is 1. The fraction of sp³-hybridized carbons (Fsp3) is 0.158. The zero-order valence-electron chi connectivity index (χ0n) is 13.5. The summed E-state index contributed by atoms with van der Waals surface area (Å²) in [6.45, 7) is 2.29. The van der Waals surface area contributed by atoms with Gasteiger partial charge in [0.2, 0.25) is 0 Å². The maximum absolute atomic E-state index is 12.4. The number of hydrogen-bond acceptors (Lipinski definition) is 4. The SMILES string of the molecule is COCc1cccc(C(=O)Nc2ccc3c(C)cc(=O)oc3c2)c1. The lowest BCUT2D eigenvalue weighted by Crippen LogP contribution is -2.12. The quantitative estimate of drug-likeness (QED) is 0.746. The molecule has 1 amide bonds. The molecule has 3 rings (SSSR count). The van der Waals surface area contributed by atoms with Gasteiger partial charge < -0.3 is 14.5 Å². The molecule has 0 atom stereocenters. The van der Waals surface area contributed by atoms with E-state index < -0.39 is 5.63 Å². The molecular formula is C19H17NO4. The van der Waals surface area contributed by atoms with Crippen molar-refractivity contribution < 1.29 is 13.9 Å². The number of carbonyl (C=O) groups is 1. The van der Waals surface area contributed by atoms with Crippen LogP contribution in [0.5, 0.6) is 0 Å². The maximum Gasteiger partial charge on any atom is 0.336 e. The molecule has 0 saturated heterocycles. The van der Waals surface area contributed by atoms with Crippen molar-refractivity contribution in [1.82, 2.24) is 0 Å². The molecule has 0 spiro atoms. The first-order valence-electron chi connectivity index (χ1n) is 7.50. The molecule has 3 aromatic rings. The lowest BCUT2D eigenvalue weighted by Gasteiger charge is -2.08. The molecule has 0 fully saturated rings. The van der Waals surface area contributed by atoms with Gasteiger partial charge in [0.1, 0.15) is 5.58 Å². The van der Waals surface area contributed by atoms with Gasteiger partial charge in [0.15, 0.2) is 0 Å². The Morgan fingerprint density at radius 2 is 2.00 bits per heavy atom. The number of aryl methyl sites for hydroxylation is 1. The van der Waals surface area contributed by atoms with Gasteiger partial charge in [0.05, 0.1) is 6.61 Å². The van der Waals surface area contributed by atoms with Crippen LogP contribution in [0, 0.1) is 6.92 Å². The van der Waals surface area contributed by atoms with E-state index in [1.54, 1.807) is 31.4 Å². The summed E-state index contributed by atoms with van der Waals surface area (Å²) in [5.41, 5.74) is 2.91. The number of benzene rings is 2. The Hall–Kier alpha value is -2.92. The zero-order chi connectivity index (χ0) is 17.1. The molecule has 2 aromatic carbocycles. The van der Waals surface area contributed by atoms with Gasteiger partial charge in [0.25, 0.3) is 5.91 Å². The lowest BCUT2D eigenvalue weighted by molar-refractivity contribution is 0.102. The van der Waals surface area contributed by atoms with Crippen molar-refractivity contribution in [1.29, 1.82) is 0 Å². The van der Waals surface area contributed by atoms with E-state index in [1.807, 2.05) is 25.1 Å². The van der Waals surface area contributed by atoms with Crippen LogP contribution in [0.4, 0.5) is 5.69 Å². The third kappa shape index (κ3) is 3.36. The zero-order valence-corrected chi connectivity index (χ0v) is 13.5. The Bertz CT molecular complexity index is 959. The van der Waals surface area contributed by atoms with Crippen LogP contribution in [0.15, 0.2) is 57.7 Å². The highest BCUT2D eigenvalue weighted by Gasteiger charge is 2.09. The van der Waals surface area contributed by atoms with Crippen LogP contribution < -0.4 is 10.9 Å². The summed E-state index contributed by atoms with van der Waals surface area (Å²) in [6.07, 6.45) is 0. The minimum Gasteiger partial charge on any atom is -0.423 e. The molecule has 0 bridgehead atoms. The van der Waals surface area contributed by atoms with E-state index >= 15 is 0 Å². The van der Waals surface area contributed by atoms with E-state index in [1.165, 1.54) is 6.07 Å². The number of carbonyl (C=O) groups excluding carboxylic acids is 1. The van der Waals surface area contributed by atoms with Crippen molar-refractivity contribution in [3.05, 3.63) is 75.6 Å². The number of fused-ring (bicyclic) bond motifs is 1. The first-order chi connectivity index (χ1) is 11.6. The fourth-order valence-corrected chi connectivity index (χ4v) is 2.57. The Kier molecular flexibility index (Phi) is 4.44. The Morgan fingerprint density at radius 3 is 2.79 bits per heavy atom. The van der Waals surface area contributed by atoms with E-state index in [0.717, 1.165) is 16.5 Å². The monoisotopic (exact) mass is 323 g/mol. The highest BCUT2D eigenvalue weighted by molar-refractivity contribution is 6.05.